The molecule has 0 unspecified atom stereocenters. The van der Waals surface area contributed by atoms with Gasteiger partial charge in [0, 0.05) is 10.9 Å². The van der Waals surface area contributed by atoms with Crippen molar-refractivity contribution in [3.8, 4) is 5.75 Å². The summed E-state index contributed by atoms with van der Waals surface area (Å²) < 4.78 is 0. The van der Waals surface area contributed by atoms with E-state index in [4.69, 9.17) is 11.1 Å². The smallest absolute Gasteiger partial charge is 0.223 e. The molecule has 15 heavy (non-hydrogen) atoms. The Morgan fingerprint density at radius 2 is 1.87 bits per heavy atom. The Bertz CT molecular complexity index is 550. The molecule has 2 rings (SSSR count). The van der Waals surface area contributed by atoms with Crippen LogP contribution in [0.15, 0.2) is 41.6 Å². The maximum atomic E-state index is 9.85. The second-order valence-electron chi connectivity index (χ2n) is 3.07. The highest BCUT2D eigenvalue weighted by atomic mass is 16.3. The van der Waals surface area contributed by atoms with Crippen molar-refractivity contribution in [2.75, 3.05) is 0 Å². The minimum atomic E-state index is -0.0286. The number of hydrogen-bond acceptors (Lipinski definition) is 3. The summed E-state index contributed by atoms with van der Waals surface area (Å²) in [5.41, 5.74) is 14.2. The highest BCUT2D eigenvalue weighted by Gasteiger charge is 2.13. The molecule has 0 atom stereocenters. The van der Waals surface area contributed by atoms with Gasteiger partial charge in [0.25, 0.3) is 0 Å². The second-order valence-corrected chi connectivity index (χ2v) is 3.07. The Morgan fingerprint density at radius 1 is 1.13 bits per heavy atom. The standard InChI is InChI=1S/C10H8N4O/c11-13-14(12)9-6-5-7-3-1-2-4-8(7)10(9)15/h1-6,11H,(H-,12,15)/p+1. The van der Waals surface area contributed by atoms with Crippen molar-refractivity contribution in [2.45, 2.75) is 0 Å². The summed E-state index contributed by atoms with van der Waals surface area (Å²) >= 11 is 0. The maximum Gasteiger partial charge on any atom is 0.223 e. The number of nitrogens with zero attached hydrogens (tertiary/aromatic N) is 2. The summed E-state index contributed by atoms with van der Waals surface area (Å²) in [6, 6.07) is 10.6. The van der Waals surface area contributed by atoms with Gasteiger partial charge in [-0.2, -0.15) is 0 Å². The Hall–Kier alpha value is -2.30. The minimum Gasteiger partial charge on any atom is -0.503 e. The van der Waals surface area contributed by atoms with Gasteiger partial charge in [-0.1, -0.05) is 24.3 Å². The first-order valence-electron chi connectivity index (χ1n) is 4.33. The summed E-state index contributed by atoms with van der Waals surface area (Å²) in [7, 11) is 0. The fourth-order valence-corrected chi connectivity index (χ4v) is 1.47. The predicted molar refractivity (Wildman–Crippen MR) is 53.4 cm³/mol. The molecular weight excluding hydrogens is 192 g/mol. The molecule has 2 aromatic carbocycles. The zero-order valence-electron chi connectivity index (χ0n) is 7.81. The number of aromatic hydroxyl groups is 1. The van der Waals surface area contributed by atoms with Gasteiger partial charge in [0.2, 0.25) is 5.69 Å². The van der Waals surface area contributed by atoms with Crippen LogP contribution in [0.1, 0.15) is 0 Å². The Morgan fingerprint density at radius 3 is 2.60 bits per heavy atom. The molecule has 0 aromatic heterocycles. The van der Waals surface area contributed by atoms with E-state index in [1.165, 1.54) is 0 Å². The lowest BCUT2D eigenvalue weighted by atomic mass is 10.1. The average molecular weight is 201 g/mol. The van der Waals surface area contributed by atoms with Gasteiger partial charge in [-0.3, -0.25) is 0 Å². The van der Waals surface area contributed by atoms with Crippen molar-refractivity contribution in [1.82, 2.24) is 0 Å². The molecule has 0 radical (unpaired) electrons. The minimum absolute atomic E-state index is 0.0286. The van der Waals surface area contributed by atoms with E-state index in [-0.39, 0.29) is 11.4 Å². The predicted octanol–water partition coefficient (Wildman–Crippen LogP) is 3.17. The molecular formula is C10H9N4O+. The van der Waals surface area contributed by atoms with E-state index in [0.717, 1.165) is 5.39 Å². The summed E-state index contributed by atoms with van der Waals surface area (Å²) in [5.74, 6) is -0.0286. The van der Waals surface area contributed by atoms with E-state index in [9.17, 15) is 5.11 Å². The molecule has 5 nitrogen and oxygen atoms in total. The van der Waals surface area contributed by atoms with E-state index >= 15 is 0 Å². The molecule has 0 spiro atoms. The van der Waals surface area contributed by atoms with Crippen molar-refractivity contribution in [1.29, 1.82) is 11.1 Å². The highest BCUT2D eigenvalue weighted by Crippen LogP contribution is 2.33. The second kappa shape index (κ2) is 3.45. The van der Waals surface area contributed by atoms with Crippen LogP contribution < -0.4 is 0 Å². The van der Waals surface area contributed by atoms with Gasteiger partial charge in [0.15, 0.2) is 11.0 Å². The first-order valence-corrected chi connectivity index (χ1v) is 4.33. The number of fused-ring (bicyclic) bond motifs is 1. The molecule has 0 saturated carbocycles. The van der Waals surface area contributed by atoms with Crippen LogP contribution in [0.2, 0.25) is 0 Å². The third-order valence-corrected chi connectivity index (χ3v) is 2.21. The zero-order chi connectivity index (χ0) is 10.8. The van der Waals surface area contributed by atoms with Crippen molar-refractivity contribution in [3.05, 3.63) is 36.4 Å². The zero-order valence-corrected chi connectivity index (χ0v) is 7.81. The number of phenols is 1. The molecule has 74 valence electrons. The quantitative estimate of drug-likeness (QED) is 0.389. The number of nitrogens with one attached hydrogen (secondary N) is 2. The summed E-state index contributed by atoms with van der Waals surface area (Å²) in [4.78, 5) is 0.571. The van der Waals surface area contributed by atoms with Crippen molar-refractivity contribution >= 4 is 16.5 Å². The van der Waals surface area contributed by atoms with Crippen LogP contribution in [0.3, 0.4) is 0 Å². The van der Waals surface area contributed by atoms with E-state index in [1.807, 2.05) is 12.1 Å². The first kappa shape index (κ1) is 9.26. The maximum absolute atomic E-state index is 9.85. The fourth-order valence-electron chi connectivity index (χ4n) is 1.47. The largest absolute Gasteiger partial charge is 0.503 e. The number of phenolic OH excluding ortho intramolecular Hbond substituents is 1. The topological polar surface area (TPSA) is 83.3 Å². The highest BCUT2D eigenvalue weighted by molar-refractivity contribution is 5.91. The number of rotatable bonds is 2. The van der Waals surface area contributed by atoms with E-state index in [0.29, 0.717) is 10.2 Å². The van der Waals surface area contributed by atoms with Gasteiger partial charge in [-0.15, -0.1) is 5.53 Å². The lowest BCUT2D eigenvalue weighted by Crippen LogP contribution is -1.89. The van der Waals surface area contributed by atoms with Gasteiger partial charge >= 0.3 is 0 Å². The Balaban J connectivity index is 2.75. The summed E-state index contributed by atoms with van der Waals surface area (Å²) in [6.07, 6.45) is 0. The number of benzene rings is 2. The van der Waals surface area contributed by atoms with Crippen LogP contribution in [0, 0.1) is 11.1 Å². The van der Waals surface area contributed by atoms with Crippen LogP contribution in [0.4, 0.5) is 5.69 Å². The molecule has 5 heteroatoms. The monoisotopic (exact) mass is 201 g/mol. The summed E-state index contributed by atoms with van der Waals surface area (Å²) in [6.45, 7) is 0. The Kier molecular flexibility index (Phi) is 2.13. The molecule has 0 aliphatic heterocycles. The summed E-state index contributed by atoms with van der Waals surface area (Å²) in [5, 5.41) is 14.3. The molecule has 0 heterocycles. The van der Waals surface area contributed by atoms with Gasteiger partial charge in [0.05, 0.1) is 0 Å². The van der Waals surface area contributed by atoms with Gasteiger partial charge < -0.3 is 5.11 Å². The van der Waals surface area contributed by atoms with Crippen LogP contribution in [-0.4, -0.2) is 9.91 Å². The van der Waals surface area contributed by atoms with Gasteiger partial charge in [-0.05, 0) is 22.3 Å². The third kappa shape index (κ3) is 1.43. The van der Waals surface area contributed by atoms with Crippen molar-refractivity contribution in [3.63, 3.8) is 0 Å². The van der Waals surface area contributed by atoms with Gasteiger partial charge in [0.1, 0.15) is 0 Å². The SMILES string of the molecule is N=N[N+](=N)c1ccc2ccccc2c1O. The van der Waals surface area contributed by atoms with Crippen LogP contribution in [0.25, 0.3) is 10.8 Å². The van der Waals surface area contributed by atoms with E-state index in [1.54, 1.807) is 24.3 Å². The first-order chi connectivity index (χ1) is 7.24. The van der Waals surface area contributed by atoms with E-state index in [2.05, 4.69) is 5.22 Å². The number of hydrogen-bond donors (Lipinski definition) is 3. The Labute approximate surface area is 85.6 Å². The van der Waals surface area contributed by atoms with Crippen LogP contribution >= 0.6 is 0 Å². The molecule has 0 amide bonds. The van der Waals surface area contributed by atoms with Crippen molar-refractivity contribution in [2.24, 2.45) is 5.22 Å². The van der Waals surface area contributed by atoms with Gasteiger partial charge in [-0.25, -0.2) is 0 Å². The molecule has 0 saturated heterocycles. The van der Waals surface area contributed by atoms with E-state index < -0.39 is 0 Å². The molecule has 2 aromatic rings. The fraction of sp³-hybridized carbons (Fsp3) is 0. The molecule has 0 fully saturated rings. The normalized spacial score (nSPS) is 10.1. The molecule has 0 aliphatic carbocycles. The molecule has 0 bridgehead atoms. The third-order valence-electron chi connectivity index (χ3n) is 2.21. The molecule has 3 N–H and O–H groups in total. The van der Waals surface area contributed by atoms with Crippen molar-refractivity contribution < 1.29 is 9.91 Å². The van der Waals surface area contributed by atoms with Crippen LogP contribution in [0.5, 0.6) is 5.75 Å². The van der Waals surface area contributed by atoms with Crippen LogP contribution in [-0.2, 0) is 0 Å². The lowest BCUT2D eigenvalue weighted by Gasteiger charge is -2.02. The lowest BCUT2D eigenvalue weighted by molar-refractivity contribution is -0.552. The average Bonchev–Trinajstić information content (AvgIpc) is 2.29. The molecule has 0 aliphatic rings.